The van der Waals surface area contributed by atoms with Crippen molar-refractivity contribution in [2.24, 2.45) is 0 Å². The third-order valence-electron chi connectivity index (χ3n) is 3.81. The zero-order chi connectivity index (χ0) is 14.5. The molecule has 0 unspecified atom stereocenters. The topological polar surface area (TPSA) is 52.6 Å². The van der Waals surface area contributed by atoms with E-state index in [2.05, 4.69) is 21.2 Å². The van der Waals surface area contributed by atoms with E-state index in [1.54, 1.807) is 0 Å². The summed E-state index contributed by atoms with van der Waals surface area (Å²) in [6.45, 7) is 0.866. The average molecular weight is 341 g/mol. The number of nitrogens with zero attached hydrogens (tertiary/aromatic N) is 1. The number of hydrogen-bond acceptors (Lipinski definition) is 3. The van der Waals surface area contributed by atoms with E-state index in [-0.39, 0.29) is 18.1 Å². The number of halogens is 1. The fourth-order valence-electron chi connectivity index (χ4n) is 2.64. The van der Waals surface area contributed by atoms with E-state index in [1.807, 2.05) is 36.2 Å². The lowest BCUT2D eigenvalue weighted by atomic mass is 10.2. The second-order valence-electron chi connectivity index (χ2n) is 5.38. The highest BCUT2D eigenvalue weighted by molar-refractivity contribution is 9.10. The molecule has 0 heterocycles. The summed E-state index contributed by atoms with van der Waals surface area (Å²) in [6, 6.07) is 8.00. The van der Waals surface area contributed by atoms with Crippen molar-refractivity contribution < 1.29 is 9.90 Å². The van der Waals surface area contributed by atoms with Crippen LogP contribution in [0.25, 0.3) is 0 Å². The number of benzene rings is 1. The minimum Gasteiger partial charge on any atom is -0.391 e. The van der Waals surface area contributed by atoms with Gasteiger partial charge in [-0.2, -0.15) is 0 Å². The number of amides is 1. The fourth-order valence-corrected chi connectivity index (χ4v) is 2.90. The molecule has 2 N–H and O–H groups in total. The van der Waals surface area contributed by atoms with Crippen LogP contribution in [0.3, 0.4) is 0 Å². The molecule has 1 aliphatic carbocycles. The normalized spacial score (nSPS) is 22.2. The molecule has 0 saturated heterocycles. The molecular formula is C15H21BrN2O2. The molecule has 110 valence electrons. The Hall–Kier alpha value is -0.910. The predicted molar refractivity (Wildman–Crippen MR) is 82.3 cm³/mol. The smallest absolute Gasteiger partial charge is 0.234 e. The summed E-state index contributed by atoms with van der Waals surface area (Å²) in [4.78, 5) is 13.9. The maximum Gasteiger partial charge on any atom is 0.234 e. The number of nitrogens with one attached hydrogen (secondary N) is 1. The van der Waals surface area contributed by atoms with E-state index in [0.717, 1.165) is 29.3 Å². The Balaban J connectivity index is 1.76. The van der Waals surface area contributed by atoms with Gasteiger partial charge in [-0.15, -0.1) is 0 Å². The van der Waals surface area contributed by atoms with Crippen molar-refractivity contribution in [2.75, 3.05) is 13.6 Å². The number of aliphatic hydroxyl groups excluding tert-OH is 1. The summed E-state index contributed by atoms with van der Waals surface area (Å²) in [6.07, 6.45) is 2.56. The number of hydrogen-bond donors (Lipinski definition) is 2. The van der Waals surface area contributed by atoms with Crippen molar-refractivity contribution in [3.8, 4) is 0 Å². The van der Waals surface area contributed by atoms with Crippen molar-refractivity contribution in [1.82, 2.24) is 10.2 Å². The quantitative estimate of drug-likeness (QED) is 0.860. The van der Waals surface area contributed by atoms with Crippen LogP contribution >= 0.6 is 15.9 Å². The Morgan fingerprint density at radius 1 is 1.40 bits per heavy atom. The van der Waals surface area contributed by atoms with Crippen LogP contribution in [-0.4, -0.2) is 41.7 Å². The van der Waals surface area contributed by atoms with E-state index in [1.165, 1.54) is 0 Å². The van der Waals surface area contributed by atoms with E-state index >= 15 is 0 Å². The van der Waals surface area contributed by atoms with Gasteiger partial charge in [0.15, 0.2) is 0 Å². The highest BCUT2D eigenvalue weighted by Crippen LogP contribution is 2.22. The van der Waals surface area contributed by atoms with Gasteiger partial charge in [0.2, 0.25) is 5.91 Å². The van der Waals surface area contributed by atoms with Crippen LogP contribution in [0, 0.1) is 0 Å². The molecule has 0 bridgehead atoms. The Morgan fingerprint density at radius 2 is 2.10 bits per heavy atom. The first kappa shape index (κ1) is 15.5. The first-order valence-corrected chi connectivity index (χ1v) is 7.75. The van der Waals surface area contributed by atoms with Crippen LogP contribution < -0.4 is 5.32 Å². The van der Waals surface area contributed by atoms with Crippen molar-refractivity contribution in [3.05, 3.63) is 34.3 Å². The lowest BCUT2D eigenvalue weighted by molar-refractivity contribution is -0.122. The Morgan fingerprint density at radius 3 is 2.70 bits per heavy atom. The average Bonchev–Trinajstić information content (AvgIpc) is 2.84. The molecule has 1 aromatic carbocycles. The molecule has 1 amide bonds. The van der Waals surface area contributed by atoms with Crippen LogP contribution in [0.1, 0.15) is 24.8 Å². The molecule has 5 heteroatoms. The Labute approximate surface area is 128 Å². The monoisotopic (exact) mass is 340 g/mol. The summed E-state index contributed by atoms with van der Waals surface area (Å²) in [5.41, 5.74) is 1.07. The van der Waals surface area contributed by atoms with Crippen LogP contribution in [0.4, 0.5) is 0 Å². The second-order valence-corrected chi connectivity index (χ2v) is 6.30. The van der Waals surface area contributed by atoms with Crippen molar-refractivity contribution >= 4 is 21.8 Å². The number of rotatable bonds is 5. The second kappa shape index (κ2) is 7.20. The Kier molecular flexibility index (Phi) is 5.57. The molecule has 0 aliphatic heterocycles. The minimum atomic E-state index is -0.292. The SMILES string of the molecule is CN(CC(=O)NCc1ccc(Br)cc1)[C@H]1CCC[C@@H]1O. The maximum atomic E-state index is 11.9. The number of carbonyl (C=O) groups excluding carboxylic acids is 1. The van der Waals surface area contributed by atoms with Gasteiger partial charge in [0.1, 0.15) is 0 Å². The largest absolute Gasteiger partial charge is 0.391 e. The van der Waals surface area contributed by atoms with Gasteiger partial charge in [0.25, 0.3) is 0 Å². The summed E-state index contributed by atoms with van der Waals surface area (Å²) < 4.78 is 1.03. The molecule has 0 spiro atoms. The number of aliphatic hydroxyl groups is 1. The zero-order valence-electron chi connectivity index (χ0n) is 11.7. The third-order valence-corrected chi connectivity index (χ3v) is 4.33. The molecule has 1 aromatic rings. The van der Waals surface area contributed by atoms with Gasteiger partial charge in [-0.25, -0.2) is 0 Å². The summed E-state index contributed by atoms with van der Waals surface area (Å²) in [5.74, 6) is -0.00508. The van der Waals surface area contributed by atoms with Gasteiger partial charge >= 0.3 is 0 Å². The molecule has 0 aromatic heterocycles. The van der Waals surface area contributed by atoms with Gasteiger partial charge in [-0.3, -0.25) is 9.69 Å². The van der Waals surface area contributed by atoms with Gasteiger partial charge in [0.05, 0.1) is 12.6 Å². The first-order chi connectivity index (χ1) is 9.56. The van der Waals surface area contributed by atoms with Gasteiger partial charge in [0, 0.05) is 17.1 Å². The minimum absolute atomic E-state index is 0.00508. The van der Waals surface area contributed by atoms with E-state index in [4.69, 9.17) is 0 Å². The van der Waals surface area contributed by atoms with Gasteiger partial charge in [-0.1, -0.05) is 28.1 Å². The molecule has 2 rings (SSSR count). The molecule has 1 fully saturated rings. The molecular weight excluding hydrogens is 320 g/mol. The van der Waals surface area contributed by atoms with Crippen LogP contribution in [0.15, 0.2) is 28.7 Å². The van der Waals surface area contributed by atoms with E-state index in [0.29, 0.717) is 13.1 Å². The van der Waals surface area contributed by atoms with Crippen molar-refractivity contribution in [3.63, 3.8) is 0 Å². The highest BCUT2D eigenvalue weighted by Gasteiger charge is 2.29. The predicted octanol–water partition coefficient (Wildman–Crippen LogP) is 1.91. The van der Waals surface area contributed by atoms with Crippen LogP contribution in [0.5, 0.6) is 0 Å². The Bertz CT molecular complexity index is 450. The van der Waals surface area contributed by atoms with Crippen LogP contribution in [-0.2, 0) is 11.3 Å². The molecule has 20 heavy (non-hydrogen) atoms. The molecule has 1 saturated carbocycles. The van der Waals surface area contributed by atoms with Gasteiger partial charge < -0.3 is 10.4 Å². The first-order valence-electron chi connectivity index (χ1n) is 6.95. The summed E-state index contributed by atoms with van der Waals surface area (Å²) in [7, 11) is 1.90. The fraction of sp³-hybridized carbons (Fsp3) is 0.533. The standard InChI is InChI=1S/C15H21BrN2O2/c1-18(13-3-2-4-14(13)19)10-15(20)17-9-11-5-7-12(16)8-6-11/h5-8,13-14,19H,2-4,9-10H2,1H3,(H,17,20)/t13-,14-/m0/s1. The highest BCUT2D eigenvalue weighted by atomic mass is 79.9. The molecule has 0 radical (unpaired) electrons. The van der Waals surface area contributed by atoms with Gasteiger partial charge in [-0.05, 0) is 44.0 Å². The molecule has 1 aliphatic rings. The van der Waals surface area contributed by atoms with Crippen LogP contribution in [0.2, 0.25) is 0 Å². The summed E-state index contributed by atoms with van der Waals surface area (Å²) >= 11 is 3.38. The lowest BCUT2D eigenvalue weighted by Gasteiger charge is -2.26. The third kappa shape index (κ3) is 4.30. The number of likely N-dealkylation sites (N-methyl/N-ethyl adjacent to an activating group) is 1. The van der Waals surface area contributed by atoms with E-state index in [9.17, 15) is 9.90 Å². The molecule has 2 atom stereocenters. The maximum absolute atomic E-state index is 11.9. The molecule has 4 nitrogen and oxygen atoms in total. The van der Waals surface area contributed by atoms with E-state index < -0.39 is 0 Å². The lowest BCUT2D eigenvalue weighted by Crippen LogP contribution is -2.43. The number of carbonyl (C=O) groups is 1. The zero-order valence-corrected chi connectivity index (χ0v) is 13.3. The van der Waals surface area contributed by atoms with Crippen molar-refractivity contribution in [2.45, 2.75) is 38.0 Å². The summed E-state index contributed by atoms with van der Waals surface area (Å²) in [5, 5.41) is 12.7. The van der Waals surface area contributed by atoms with Crippen molar-refractivity contribution in [1.29, 1.82) is 0 Å².